The molecule has 1 aromatic heterocycles. The van der Waals surface area contributed by atoms with Crippen molar-refractivity contribution in [2.24, 2.45) is 0 Å². The smallest absolute Gasteiger partial charge is 0.481 e. The average Bonchev–Trinajstić information content (AvgIpc) is 2.95. The molecule has 204 valence electrons. The number of ether oxygens (including phenoxy) is 1. The number of phosphoric ester groups is 1. The normalized spacial score (nSPS) is 24.3. The summed E-state index contributed by atoms with van der Waals surface area (Å²) >= 11 is 0. The summed E-state index contributed by atoms with van der Waals surface area (Å²) < 4.78 is 66.6. The van der Waals surface area contributed by atoms with Crippen LogP contribution in [0.25, 0.3) is 0 Å². The van der Waals surface area contributed by atoms with Crippen LogP contribution in [-0.2, 0) is 40.9 Å². The molecule has 3 unspecified atom stereocenters. The Balaban J connectivity index is 1.97. The van der Waals surface area contributed by atoms with E-state index < -0.39 is 74.4 Å². The summed E-state index contributed by atoms with van der Waals surface area (Å²) in [6.07, 6.45) is 0.811. The van der Waals surface area contributed by atoms with Crippen molar-refractivity contribution in [3.63, 3.8) is 0 Å². The van der Waals surface area contributed by atoms with Crippen molar-refractivity contribution in [3.05, 3.63) is 80.5 Å². The zero-order valence-corrected chi connectivity index (χ0v) is 20.9. The minimum Gasteiger partial charge on any atom is -0.506 e. The monoisotopic (exact) mass is 570 g/mol. The van der Waals surface area contributed by atoms with Gasteiger partial charge in [-0.05, 0) is 13.8 Å². The predicted octanol–water partition coefficient (Wildman–Crippen LogP) is 1.82. The van der Waals surface area contributed by atoms with Crippen LogP contribution in [0.3, 0.4) is 0 Å². The molecular formula is C19H22F2N2O12P2. The van der Waals surface area contributed by atoms with Crippen molar-refractivity contribution >= 4 is 15.6 Å². The average molecular weight is 570 g/mol. The van der Waals surface area contributed by atoms with E-state index >= 15 is 0 Å². The van der Waals surface area contributed by atoms with Crippen LogP contribution in [0.4, 0.5) is 8.78 Å². The number of alkyl halides is 2. The van der Waals surface area contributed by atoms with Gasteiger partial charge in [-0.1, -0.05) is 30.3 Å². The van der Waals surface area contributed by atoms with Gasteiger partial charge < -0.3 is 29.6 Å². The number of phosphoric acid groups is 2. The number of hydrogen-bond acceptors (Lipinski definition) is 9. The summed E-state index contributed by atoms with van der Waals surface area (Å²) in [6.45, 7) is -0.505. The lowest BCUT2D eigenvalue weighted by Gasteiger charge is -2.32. The van der Waals surface area contributed by atoms with Gasteiger partial charge in [0.05, 0.1) is 13.2 Å². The number of benzene rings is 1. The van der Waals surface area contributed by atoms with Crippen molar-refractivity contribution in [2.75, 3.05) is 6.61 Å². The lowest BCUT2D eigenvalue weighted by atomic mass is 10.1. The summed E-state index contributed by atoms with van der Waals surface area (Å²) in [6, 6.07) is 7.12. The van der Waals surface area contributed by atoms with Crippen molar-refractivity contribution in [3.8, 4) is 0 Å². The van der Waals surface area contributed by atoms with Gasteiger partial charge in [0.2, 0.25) is 5.72 Å². The van der Waals surface area contributed by atoms with E-state index in [1.54, 1.807) is 0 Å². The Kier molecular flexibility index (Phi) is 7.47. The molecule has 0 bridgehead atoms. The van der Waals surface area contributed by atoms with Crippen molar-refractivity contribution < 1.29 is 56.4 Å². The molecule has 0 aliphatic carbocycles. The minimum absolute atomic E-state index is 0.188. The van der Waals surface area contributed by atoms with Crippen LogP contribution < -0.4 is 11.2 Å². The molecular weight excluding hydrogens is 548 g/mol. The highest BCUT2D eigenvalue weighted by Gasteiger charge is 2.55. The first-order valence-electron chi connectivity index (χ1n) is 10.2. The first-order chi connectivity index (χ1) is 16.8. The fourth-order valence-electron chi connectivity index (χ4n) is 3.59. The Morgan fingerprint density at radius 2 is 1.62 bits per heavy atom. The van der Waals surface area contributed by atoms with Gasteiger partial charge in [-0.3, -0.25) is 18.5 Å². The molecule has 0 saturated heterocycles. The molecule has 37 heavy (non-hydrogen) atoms. The first kappa shape index (κ1) is 28.9. The van der Waals surface area contributed by atoms with Crippen LogP contribution in [0.2, 0.25) is 0 Å². The highest BCUT2D eigenvalue weighted by atomic mass is 31.3. The third-order valence-corrected chi connectivity index (χ3v) is 7.51. The second-order valence-corrected chi connectivity index (χ2v) is 11.1. The van der Waals surface area contributed by atoms with E-state index in [-0.39, 0.29) is 4.57 Å². The van der Waals surface area contributed by atoms with Gasteiger partial charge >= 0.3 is 21.3 Å². The van der Waals surface area contributed by atoms with Crippen LogP contribution in [-0.4, -0.2) is 46.2 Å². The summed E-state index contributed by atoms with van der Waals surface area (Å²) in [5.41, 5.74) is -7.51. The van der Waals surface area contributed by atoms with Crippen LogP contribution in [0.5, 0.6) is 0 Å². The van der Waals surface area contributed by atoms with E-state index in [0.717, 1.165) is 38.2 Å². The third kappa shape index (κ3) is 5.92. The van der Waals surface area contributed by atoms with Crippen molar-refractivity contribution in [1.29, 1.82) is 0 Å². The first-order valence-corrected chi connectivity index (χ1v) is 13.2. The molecule has 1 aliphatic rings. The number of nitrogens with zero attached hydrogens (tertiary/aromatic N) is 2. The molecule has 5 N–H and O–H groups in total. The van der Waals surface area contributed by atoms with Crippen LogP contribution in [0.1, 0.15) is 19.4 Å². The number of aliphatic hydroxyl groups is 2. The minimum atomic E-state index is -5.47. The maximum atomic E-state index is 14.8. The third-order valence-electron chi connectivity index (χ3n) is 5.38. The number of aliphatic hydroxyl groups excluding tert-OH is 2. The Bertz CT molecular complexity index is 1440. The zero-order valence-electron chi connectivity index (χ0n) is 19.1. The van der Waals surface area contributed by atoms with Crippen LogP contribution in [0, 0.1) is 0 Å². The lowest BCUT2D eigenvalue weighted by molar-refractivity contribution is -0.156. The number of halogens is 2. The fraction of sp³-hybridized carbons (Fsp3) is 0.368. The maximum absolute atomic E-state index is 14.8. The quantitative estimate of drug-likeness (QED) is 0.274. The molecule has 2 aromatic rings. The van der Waals surface area contributed by atoms with E-state index in [9.17, 15) is 42.6 Å². The van der Waals surface area contributed by atoms with Gasteiger partial charge in [0.15, 0.2) is 17.1 Å². The zero-order chi connectivity index (χ0) is 28.0. The highest BCUT2D eigenvalue weighted by molar-refractivity contribution is 7.60. The SMILES string of the molecule is CC1(COP(=O)(O)OP(=O)(O)O)OC(C)(n2ccc(=O)n(CC(F)(F)c3ccccc3)c2=O)C(O)=C1O. The molecule has 14 nitrogen and oxygen atoms in total. The molecule has 0 amide bonds. The molecule has 0 fully saturated rings. The number of rotatable bonds is 9. The van der Waals surface area contributed by atoms with Gasteiger partial charge in [-0.15, -0.1) is 0 Å². The molecule has 18 heteroatoms. The van der Waals surface area contributed by atoms with E-state index in [1.807, 2.05) is 0 Å². The highest BCUT2D eigenvalue weighted by Crippen LogP contribution is 2.58. The maximum Gasteiger partial charge on any atom is 0.481 e. The Hall–Kier alpha value is -2.68. The van der Waals surface area contributed by atoms with E-state index in [2.05, 4.69) is 8.83 Å². The molecule has 0 radical (unpaired) electrons. The molecule has 3 atom stereocenters. The molecule has 1 aromatic carbocycles. The standard InChI is InChI=1S/C19H22F2N2O12P2/c1-17(11-33-37(31,32)35-36(28,29)30)14(25)15(26)18(2,34-17)23-9-8-13(24)22(16(23)27)10-19(20,21)12-6-4-3-5-7-12/h3-9,25-26H,10-11H2,1-2H3,(H,31,32)(H2,28,29,30). The Morgan fingerprint density at radius 3 is 2.19 bits per heavy atom. The van der Waals surface area contributed by atoms with Gasteiger partial charge in [0, 0.05) is 17.8 Å². The molecule has 0 saturated carbocycles. The summed E-state index contributed by atoms with van der Waals surface area (Å²) in [4.78, 5) is 52.3. The second kappa shape index (κ2) is 9.57. The van der Waals surface area contributed by atoms with Crippen LogP contribution in [0.15, 0.2) is 63.7 Å². The summed E-state index contributed by atoms with van der Waals surface area (Å²) in [5.74, 6) is -5.75. The van der Waals surface area contributed by atoms with Crippen molar-refractivity contribution in [2.45, 2.75) is 37.6 Å². The van der Waals surface area contributed by atoms with E-state index in [4.69, 9.17) is 14.5 Å². The molecule has 0 spiro atoms. The van der Waals surface area contributed by atoms with E-state index in [1.165, 1.54) is 18.2 Å². The second-order valence-electron chi connectivity index (χ2n) is 8.29. The summed E-state index contributed by atoms with van der Waals surface area (Å²) in [7, 11) is -10.9. The molecule has 2 heterocycles. The number of aromatic nitrogens is 2. The molecule has 1 aliphatic heterocycles. The Labute approximate surface area is 206 Å². The Morgan fingerprint density at radius 1 is 1.03 bits per heavy atom. The summed E-state index contributed by atoms with van der Waals surface area (Å²) in [5, 5.41) is 21.0. The fourth-order valence-corrected chi connectivity index (χ4v) is 5.26. The predicted molar refractivity (Wildman–Crippen MR) is 120 cm³/mol. The van der Waals surface area contributed by atoms with Gasteiger partial charge in [0.25, 0.3) is 11.5 Å². The molecule has 3 rings (SSSR count). The van der Waals surface area contributed by atoms with Gasteiger partial charge in [0.1, 0.15) is 0 Å². The van der Waals surface area contributed by atoms with Crippen molar-refractivity contribution in [1.82, 2.24) is 9.13 Å². The number of hydrogen-bond donors (Lipinski definition) is 5. The van der Waals surface area contributed by atoms with E-state index in [0.29, 0.717) is 4.57 Å². The lowest BCUT2D eigenvalue weighted by Crippen LogP contribution is -2.50. The van der Waals surface area contributed by atoms with Gasteiger partial charge in [-0.2, -0.15) is 13.1 Å². The largest absolute Gasteiger partial charge is 0.506 e. The van der Waals surface area contributed by atoms with Gasteiger partial charge in [-0.25, -0.2) is 13.9 Å². The topological polar surface area (TPSA) is 207 Å². The van der Waals surface area contributed by atoms with Crippen LogP contribution >= 0.6 is 15.6 Å².